The van der Waals surface area contributed by atoms with Crippen LogP contribution in [0.25, 0.3) is 0 Å². The van der Waals surface area contributed by atoms with Gasteiger partial charge in [-0.15, -0.1) is 0 Å². The van der Waals surface area contributed by atoms with Crippen molar-refractivity contribution >= 4 is 21.8 Å². The summed E-state index contributed by atoms with van der Waals surface area (Å²) in [5, 5.41) is 2.79. The topological polar surface area (TPSA) is 32.3 Å². The smallest absolute Gasteiger partial charge is 0.252 e. The molecular formula is C13H18BrFN2O. The summed E-state index contributed by atoms with van der Waals surface area (Å²) in [5.74, 6) is -0.665. The van der Waals surface area contributed by atoms with Crippen LogP contribution in [0.2, 0.25) is 0 Å². The molecule has 0 atom stereocenters. The molecule has 0 aliphatic heterocycles. The molecule has 1 rings (SSSR count). The molecule has 0 bridgehead atoms. The van der Waals surface area contributed by atoms with Crippen LogP contribution in [0, 0.1) is 5.82 Å². The monoisotopic (exact) mass is 316 g/mol. The molecule has 0 aromatic heterocycles. The molecule has 0 heterocycles. The first-order valence-corrected chi connectivity index (χ1v) is 6.68. The number of nitrogens with one attached hydrogen (secondary N) is 1. The zero-order valence-electron chi connectivity index (χ0n) is 10.7. The molecular weight excluding hydrogens is 299 g/mol. The van der Waals surface area contributed by atoms with Crippen LogP contribution in [-0.4, -0.2) is 38.0 Å². The number of hydrogen-bond acceptors (Lipinski definition) is 2. The van der Waals surface area contributed by atoms with Gasteiger partial charge in [0.1, 0.15) is 5.82 Å². The molecule has 5 heteroatoms. The number of rotatable bonds is 6. The van der Waals surface area contributed by atoms with Crippen molar-refractivity contribution in [3.8, 4) is 0 Å². The van der Waals surface area contributed by atoms with Gasteiger partial charge in [-0.3, -0.25) is 4.79 Å². The summed E-state index contributed by atoms with van der Waals surface area (Å²) in [6, 6.07) is 4.45. The van der Waals surface area contributed by atoms with E-state index in [0.29, 0.717) is 12.1 Å². The number of amides is 1. The third kappa shape index (κ3) is 4.74. The molecule has 0 aliphatic rings. The number of hydrogen-bond donors (Lipinski definition) is 1. The van der Waals surface area contributed by atoms with E-state index in [0.717, 1.165) is 19.4 Å². The fourth-order valence-corrected chi connectivity index (χ4v) is 1.97. The summed E-state index contributed by atoms with van der Waals surface area (Å²) in [4.78, 5) is 13.9. The van der Waals surface area contributed by atoms with Crippen LogP contribution in [0.3, 0.4) is 0 Å². The molecule has 1 N–H and O–H groups in total. The van der Waals surface area contributed by atoms with Crippen molar-refractivity contribution in [3.05, 3.63) is 34.1 Å². The zero-order valence-corrected chi connectivity index (χ0v) is 12.3. The summed E-state index contributed by atoms with van der Waals surface area (Å²) < 4.78 is 13.5. The minimum absolute atomic E-state index is 0.218. The molecule has 0 fully saturated rings. The standard InChI is InChI=1S/C13H18BrFN2O/c1-17(2)9-4-3-8-16-13(18)10-6-5-7-11(15)12(10)14/h5-7H,3-4,8-9H2,1-2H3,(H,16,18). The van der Waals surface area contributed by atoms with Crippen LogP contribution >= 0.6 is 15.9 Å². The van der Waals surface area contributed by atoms with E-state index in [-0.39, 0.29) is 10.4 Å². The number of carbonyl (C=O) groups is 1. The van der Waals surface area contributed by atoms with Gasteiger partial charge >= 0.3 is 0 Å². The first-order chi connectivity index (χ1) is 8.52. The first-order valence-electron chi connectivity index (χ1n) is 5.89. The Morgan fingerprint density at radius 1 is 1.39 bits per heavy atom. The second-order valence-corrected chi connectivity index (χ2v) is 5.16. The lowest BCUT2D eigenvalue weighted by Gasteiger charge is -2.10. The molecule has 1 aromatic carbocycles. The van der Waals surface area contributed by atoms with Crippen molar-refractivity contribution in [1.82, 2.24) is 10.2 Å². The fourth-order valence-electron chi connectivity index (χ4n) is 1.53. The number of nitrogens with zero attached hydrogens (tertiary/aromatic N) is 1. The molecule has 0 saturated carbocycles. The number of benzene rings is 1. The molecule has 0 saturated heterocycles. The van der Waals surface area contributed by atoms with Gasteiger partial charge in [0, 0.05) is 6.54 Å². The van der Waals surface area contributed by atoms with E-state index in [1.807, 2.05) is 14.1 Å². The van der Waals surface area contributed by atoms with Gasteiger partial charge in [-0.2, -0.15) is 0 Å². The Kier molecular flexibility index (Phi) is 6.29. The average Bonchev–Trinajstić information content (AvgIpc) is 2.31. The van der Waals surface area contributed by atoms with E-state index in [9.17, 15) is 9.18 Å². The molecule has 1 amide bonds. The zero-order chi connectivity index (χ0) is 13.5. The Bertz CT molecular complexity index is 410. The van der Waals surface area contributed by atoms with Crippen molar-refractivity contribution < 1.29 is 9.18 Å². The normalized spacial score (nSPS) is 10.7. The van der Waals surface area contributed by atoms with Gasteiger partial charge in [-0.25, -0.2) is 4.39 Å². The van der Waals surface area contributed by atoms with E-state index in [4.69, 9.17) is 0 Å². The van der Waals surface area contributed by atoms with Crippen LogP contribution in [0.15, 0.2) is 22.7 Å². The molecule has 18 heavy (non-hydrogen) atoms. The van der Waals surface area contributed by atoms with Crippen LogP contribution < -0.4 is 5.32 Å². The largest absolute Gasteiger partial charge is 0.352 e. The maximum Gasteiger partial charge on any atom is 0.252 e. The maximum atomic E-state index is 13.2. The van der Waals surface area contributed by atoms with Gasteiger partial charge in [-0.05, 0) is 61.5 Å². The number of unbranched alkanes of at least 4 members (excludes halogenated alkanes) is 1. The summed E-state index contributed by atoms with van der Waals surface area (Å²) in [6.07, 6.45) is 1.94. The number of halogens is 2. The van der Waals surface area contributed by atoms with Crippen molar-refractivity contribution in [2.75, 3.05) is 27.2 Å². The predicted molar refractivity (Wildman–Crippen MR) is 74.2 cm³/mol. The third-order valence-corrected chi connectivity index (χ3v) is 3.32. The molecule has 0 unspecified atom stereocenters. The van der Waals surface area contributed by atoms with E-state index in [1.54, 1.807) is 6.07 Å². The molecule has 0 spiro atoms. The molecule has 100 valence electrons. The summed E-state index contributed by atoms with van der Waals surface area (Å²) in [7, 11) is 4.03. The lowest BCUT2D eigenvalue weighted by Crippen LogP contribution is -2.25. The Hall–Kier alpha value is -0.940. The maximum absolute atomic E-state index is 13.2. The predicted octanol–water partition coefficient (Wildman–Crippen LogP) is 2.66. The highest BCUT2D eigenvalue weighted by Gasteiger charge is 2.12. The van der Waals surface area contributed by atoms with E-state index < -0.39 is 5.82 Å². The minimum atomic E-state index is -0.421. The third-order valence-electron chi connectivity index (χ3n) is 2.51. The van der Waals surface area contributed by atoms with Gasteiger partial charge < -0.3 is 10.2 Å². The van der Waals surface area contributed by atoms with Crippen molar-refractivity contribution in [2.45, 2.75) is 12.8 Å². The van der Waals surface area contributed by atoms with Crippen LogP contribution in [-0.2, 0) is 0 Å². The van der Waals surface area contributed by atoms with Gasteiger partial charge in [0.25, 0.3) is 5.91 Å². The van der Waals surface area contributed by atoms with Gasteiger partial charge in [0.2, 0.25) is 0 Å². The molecule has 3 nitrogen and oxygen atoms in total. The quantitative estimate of drug-likeness (QED) is 0.818. The average molecular weight is 317 g/mol. The Morgan fingerprint density at radius 3 is 2.78 bits per heavy atom. The van der Waals surface area contributed by atoms with Crippen molar-refractivity contribution in [1.29, 1.82) is 0 Å². The van der Waals surface area contributed by atoms with Crippen LogP contribution in [0.5, 0.6) is 0 Å². The van der Waals surface area contributed by atoms with E-state index in [2.05, 4.69) is 26.1 Å². The second-order valence-electron chi connectivity index (χ2n) is 4.37. The Morgan fingerprint density at radius 2 is 2.11 bits per heavy atom. The second kappa shape index (κ2) is 7.48. The fraction of sp³-hybridized carbons (Fsp3) is 0.462. The van der Waals surface area contributed by atoms with Crippen molar-refractivity contribution in [2.24, 2.45) is 0 Å². The highest BCUT2D eigenvalue weighted by molar-refractivity contribution is 9.10. The van der Waals surface area contributed by atoms with E-state index >= 15 is 0 Å². The molecule has 0 aliphatic carbocycles. The summed E-state index contributed by atoms with van der Waals surface area (Å²) >= 11 is 3.08. The highest BCUT2D eigenvalue weighted by Crippen LogP contribution is 2.20. The lowest BCUT2D eigenvalue weighted by atomic mass is 10.2. The van der Waals surface area contributed by atoms with Gasteiger partial charge in [-0.1, -0.05) is 6.07 Å². The van der Waals surface area contributed by atoms with Crippen LogP contribution in [0.1, 0.15) is 23.2 Å². The van der Waals surface area contributed by atoms with Gasteiger partial charge in [0.05, 0.1) is 10.0 Å². The highest BCUT2D eigenvalue weighted by atomic mass is 79.9. The minimum Gasteiger partial charge on any atom is -0.352 e. The Balaban J connectivity index is 2.39. The first kappa shape index (κ1) is 15.1. The van der Waals surface area contributed by atoms with Crippen LogP contribution in [0.4, 0.5) is 4.39 Å². The lowest BCUT2D eigenvalue weighted by molar-refractivity contribution is 0.0951. The summed E-state index contributed by atoms with van der Waals surface area (Å²) in [6.45, 7) is 1.61. The number of carbonyl (C=O) groups excluding carboxylic acids is 1. The van der Waals surface area contributed by atoms with Crippen molar-refractivity contribution in [3.63, 3.8) is 0 Å². The Labute approximate surface area is 115 Å². The SMILES string of the molecule is CN(C)CCCCNC(=O)c1cccc(F)c1Br. The molecule has 0 radical (unpaired) electrons. The van der Waals surface area contributed by atoms with Gasteiger partial charge in [0.15, 0.2) is 0 Å². The molecule has 1 aromatic rings. The summed E-state index contributed by atoms with van der Waals surface area (Å²) in [5.41, 5.74) is 0.336. The van der Waals surface area contributed by atoms with E-state index in [1.165, 1.54) is 12.1 Å².